The first-order chi connectivity index (χ1) is 13.8. The van der Waals surface area contributed by atoms with Crippen molar-refractivity contribution >= 4 is 0 Å². The van der Waals surface area contributed by atoms with E-state index in [0.717, 1.165) is 41.7 Å². The summed E-state index contributed by atoms with van der Waals surface area (Å²) in [7, 11) is 0. The fourth-order valence-corrected chi connectivity index (χ4v) is 4.20. The molecule has 1 saturated heterocycles. The topological polar surface area (TPSA) is 66.5 Å². The van der Waals surface area contributed by atoms with Crippen molar-refractivity contribution in [3.63, 3.8) is 0 Å². The average Bonchev–Trinajstić information content (AvgIpc) is 3.39. The van der Waals surface area contributed by atoms with Crippen LogP contribution in [0.15, 0.2) is 42.5 Å². The maximum atomic E-state index is 5.63. The Morgan fingerprint density at radius 1 is 0.964 bits per heavy atom. The van der Waals surface area contributed by atoms with Crippen molar-refractivity contribution in [1.29, 1.82) is 0 Å². The van der Waals surface area contributed by atoms with E-state index in [1.54, 1.807) is 0 Å². The molecule has 2 aliphatic heterocycles. The predicted molar refractivity (Wildman–Crippen MR) is 103 cm³/mol. The molecule has 3 heterocycles. The predicted octanol–water partition coefficient (Wildman–Crippen LogP) is 1.86. The van der Waals surface area contributed by atoms with E-state index in [1.807, 2.05) is 10.7 Å². The summed E-state index contributed by atoms with van der Waals surface area (Å²) in [5, 5.41) is 12.8. The molecule has 0 unspecified atom stereocenters. The van der Waals surface area contributed by atoms with E-state index in [0.29, 0.717) is 0 Å². The van der Waals surface area contributed by atoms with Gasteiger partial charge in [0.05, 0.1) is 18.8 Å². The number of fused-ring (bicyclic) bond motifs is 1. The van der Waals surface area contributed by atoms with E-state index in [-0.39, 0.29) is 12.8 Å². The van der Waals surface area contributed by atoms with Crippen molar-refractivity contribution in [2.45, 2.75) is 32.2 Å². The molecule has 1 aromatic heterocycles. The number of rotatable bonds is 4. The largest absolute Gasteiger partial charge is 0.454 e. The molecule has 0 spiro atoms. The standard InChI is InChI=1S/C21H23N5O2/c1-15-5-8-17(9-6-15)26-21(22-23-24-26)20(25-11-3-2-4-12-25)16-7-10-18-19(13-16)28-14-27-18/h5-10,13,20H,2-4,11-12,14H2,1H3/p+1/t20-/m0/s1. The van der Waals surface area contributed by atoms with Gasteiger partial charge in [0.2, 0.25) is 12.6 Å². The minimum atomic E-state index is 0.0473. The maximum absolute atomic E-state index is 5.63. The Morgan fingerprint density at radius 3 is 2.57 bits per heavy atom. The van der Waals surface area contributed by atoms with Crippen molar-refractivity contribution in [3.05, 3.63) is 59.4 Å². The lowest BCUT2D eigenvalue weighted by Gasteiger charge is -2.31. The van der Waals surface area contributed by atoms with Crippen molar-refractivity contribution in [1.82, 2.24) is 20.2 Å². The van der Waals surface area contributed by atoms with Gasteiger partial charge in [-0.25, -0.2) is 0 Å². The molecule has 0 radical (unpaired) electrons. The number of aryl methyl sites for hydroxylation is 1. The number of quaternary nitrogens is 1. The highest BCUT2D eigenvalue weighted by Gasteiger charge is 2.34. The van der Waals surface area contributed by atoms with E-state index in [4.69, 9.17) is 9.47 Å². The van der Waals surface area contributed by atoms with Gasteiger partial charge in [-0.2, -0.15) is 4.68 Å². The van der Waals surface area contributed by atoms with Crippen LogP contribution in [0, 0.1) is 6.92 Å². The number of hydrogen-bond donors (Lipinski definition) is 1. The summed E-state index contributed by atoms with van der Waals surface area (Å²) >= 11 is 0. The third-order valence-electron chi connectivity index (χ3n) is 5.66. The number of nitrogens with one attached hydrogen (secondary N) is 1. The molecule has 144 valence electrons. The maximum Gasteiger partial charge on any atom is 0.231 e. The summed E-state index contributed by atoms with van der Waals surface area (Å²) in [5.41, 5.74) is 3.35. The number of piperidine rings is 1. The Labute approximate surface area is 163 Å². The zero-order chi connectivity index (χ0) is 18.9. The van der Waals surface area contributed by atoms with E-state index >= 15 is 0 Å². The second kappa shape index (κ2) is 7.24. The third kappa shape index (κ3) is 3.11. The number of ether oxygens (including phenoxy) is 2. The van der Waals surface area contributed by atoms with Gasteiger partial charge in [0, 0.05) is 5.56 Å². The van der Waals surface area contributed by atoms with Crippen LogP contribution in [0.3, 0.4) is 0 Å². The second-order valence-electron chi connectivity index (χ2n) is 7.55. The van der Waals surface area contributed by atoms with Crippen molar-refractivity contribution in [3.8, 4) is 17.2 Å². The summed E-state index contributed by atoms with van der Waals surface area (Å²) < 4.78 is 13.0. The number of benzene rings is 2. The summed E-state index contributed by atoms with van der Waals surface area (Å²) in [4.78, 5) is 1.49. The summed E-state index contributed by atoms with van der Waals surface area (Å²) in [5.74, 6) is 2.46. The Hall–Kier alpha value is -2.93. The highest BCUT2D eigenvalue weighted by atomic mass is 16.7. The molecule has 2 aromatic carbocycles. The monoisotopic (exact) mass is 378 g/mol. The molecule has 5 rings (SSSR count). The van der Waals surface area contributed by atoms with Crippen LogP contribution in [0.1, 0.15) is 42.3 Å². The Balaban J connectivity index is 1.59. The first kappa shape index (κ1) is 17.2. The number of nitrogens with zero attached hydrogens (tertiary/aromatic N) is 4. The summed E-state index contributed by atoms with van der Waals surface area (Å²) in [6.45, 7) is 4.58. The molecule has 3 aromatic rings. The lowest BCUT2D eigenvalue weighted by atomic mass is 10.00. The fraction of sp³-hybridized carbons (Fsp3) is 0.381. The molecule has 1 atom stereocenters. The molecule has 0 bridgehead atoms. The number of tetrazole rings is 1. The number of likely N-dealkylation sites (tertiary alicyclic amines) is 1. The van der Waals surface area contributed by atoms with Crippen molar-refractivity contribution in [2.24, 2.45) is 0 Å². The number of hydrogen-bond acceptors (Lipinski definition) is 5. The molecule has 1 N–H and O–H groups in total. The molecular formula is C21H24N5O2+. The van der Waals surface area contributed by atoms with Crippen LogP contribution in [0.4, 0.5) is 0 Å². The molecule has 0 aliphatic carbocycles. The van der Waals surface area contributed by atoms with Crippen LogP contribution >= 0.6 is 0 Å². The average molecular weight is 378 g/mol. The van der Waals surface area contributed by atoms with Gasteiger partial charge >= 0.3 is 0 Å². The molecular weight excluding hydrogens is 354 g/mol. The lowest BCUT2D eigenvalue weighted by Crippen LogP contribution is -3.13. The quantitative estimate of drug-likeness (QED) is 0.751. The van der Waals surface area contributed by atoms with Gasteiger partial charge in [-0.1, -0.05) is 17.7 Å². The Kier molecular flexibility index (Phi) is 4.44. The van der Waals surface area contributed by atoms with E-state index in [2.05, 4.69) is 58.8 Å². The smallest absolute Gasteiger partial charge is 0.231 e. The highest BCUT2D eigenvalue weighted by molar-refractivity contribution is 5.46. The Bertz CT molecular complexity index is 963. The van der Waals surface area contributed by atoms with E-state index < -0.39 is 0 Å². The third-order valence-corrected chi connectivity index (χ3v) is 5.66. The first-order valence-electron chi connectivity index (χ1n) is 9.89. The normalized spacial score (nSPS) is 17.6. The van der Waals surface area contributed by atoms with Gasteiger partial charge in [0.15, 0.2) is 17.5 Å². The van der Waals surface area contributed by atoms with Gasteiger partial charge in [0.25, 0.3) is 0 Å². The first-order valence-corrected chi connectivity index (χ1v) is 9.89. The Morgan fingerprint density at radius 2 is 1.75 bits per heavy atom. The van der Waals surface area contributed by atoms with Gasteiger partial charge in [-0.3, -0.25) is 0 Å². The van der Waals surface area contributed by atoms with Crippen LogP contribution in [-0.2, 0) is 0 Å². The lowest BCUT2D eigenvalue weighted by molar-refractivity contribution is -0.931. The van der Waals surface area contributed by atoms with Gasteiger partial charge < -0.3 is 14.4 Å². The van der Waals surface area contributed by atoms with Gasteiger partial charge in [0.1, 0.15) is 0 Å². The van der Waals surface area contributed by atoms with Crippen molar-refractivity contribution in [2.75, 3.05) is 19.9 Å². The summed E-state index contributed by atoms with van der Waals surface area (Å²) in [6.07, 6.45) is 3.74. The second-order valence-corrected chi connectivity index (χ2v) is 7.55. The van der Waals surface area contributed by atoms with Crippen LogP contribution in [0.25, 0.3) is 5.69 Å². The molecule has 0 saturated carbocycles. The molecule has 0 amide bonds. The zero-order valence-corrected chi connectivity index (χ0v) is 16.0. The van der Waals surface area contributed by atoms with Crippen LogP contribution in [-0.4, -0.2) is 40.1 Å². The highest BCUT2D eigenvalue weighted by Crippen LogP contribution is 2.35. The molecule has 1 fully saturated rings. The molecule has 28 heavy (non-hydrogen) atoms. The molecule has 2 aliphatic rings. The number of aromatic nitrogens is 4. The zero-order valence-electron chi connectivity index (χ0n) is 16.0. The molecule has 7 heteroatoms. The molecule has 7 nitrogen and oxygen atoms in total. The van der Waals surface area contributed by atoms with E-state index in [9.17, 15) is 0 Å². The van der Waals surface area contributed by atoms with Crippen molar-refractivity contribution < 1.29 is 14.4 Å². The van der Waals surface area contributed by atoms with Gasteiger partial charge in [-0.05, 0) is 66.9 Å². The van der Waals surface area contributed by atoms with Crippen LogP contribution < -0.4 is 14.4 Å². The van der Waals surface area contributed by atoms with Gasteiger partial charge in [-0.15, -0.1) is 5.10 Å². The minimum Gasteiger partial charge on any atom is -0.454 e. The van der Waals surface area contributed by atoms with E-state index in [1.165, 1.54) is 29.7 Å². The van der Waals surface area contributed by atoms with Crippen LogP contribution in [0.5, 0.6) is 11.5 Å². The minimum absolute atomic E-state index is 0.0473. The SMILES string of the molecule is Cc1ccc(-n2nnnc2[C@H](c2ccc3c(c2)OCO3)[NH+]2CCCCC2)cc1. The fourth-order valence-electron chi connectivity index (χ4n) is 4.20. The summed E-state index contributed by atoms with van der Waals surface area (Å²) in [6, 6.07) is 14.6. The van der Waals surface area contributed by atoms with Crippen LogP contribution in [0.2, 0.25) is 0 Å².